The first-order valence-corrected chi connectivity index (χ1v) is 7.51. The van der Waals surface area contributed by atoms with Gasteiger partial charge in [0.2, 0.25) is 0 Å². The molecule has 2 N–H and O–H groups in total. The van der Waals surface area contributed by atoms with Crippen molar-refractivity contribution in [2.45, 2.75) is 13.3 Å². The van der Waals surface area contributed by atoms with E-state index in [0.29, 0.717) is 0 Å². The summed E-state index contributed by atoms with van der Waals surface area (Å²) in [5.41, 5.74) is -0.533. The van der Waals surface area contributed by atoms with Crippen LogP contribution in [0, 0.1) is 21.4 Å². The molecule has 132 valence electrons. The van der Waals surface area contributed by atoms with Gasteiger partial charge in [-0.3, -0.25) is 19.7 Å². The third kappa shape index (κ3) is 6.48. The van der Waals surface area contributed by atoms with Crippen LogP contribution in [0.15, 0.2) is 30.0 Å². The zero-order chi connectivity index (χ0) is 18.8. The van der Waals surface area contributed by atoms with Gasteiger partial charge >= 0.3 is 5.97 Å². The monoisotopic (exact) mass is 366 g/mol. The molecule has 1 aromatic rings. The average Bonchev–Trinajstić information content (AvgIpc) is 2.56. The van der Waals surface area contributed by atoms with Crippen LogP contribution < -0.4 is 10.6 Å². The number of ether oxygens (including phenoxy) is 1. The lowest BCUT2D eigenvalue weighted by Crippen LogP contribution is -2.19. The fraction of sp³-hybridized carbons (Fsp3) is 0.267. The number of nitriles is 1. The molecule has 0 fully saturated rings. The molecule has 0 saturated carbocycles. The summed E-state index contributed by atoms with van der Waals surface area (Å²) in [7, 11) is 0. The molecule has 10 heteroatoms. The standard InChI is InChI=1S/C15H15ClN4O5/c1-2-25-14(21)5-6-18-9-10(8-17)15(22)19-13-7-11(20(23)24)3-4-12(13)16/h3-4,7,9,18H,2,5-6H2,1H3,(H,19,22)/b10-9-. The highest BCUT2D eigenvalue weighted by atomic mass is 35.5. The molecular weight excluding hydrogens is 352 g/mol. The average molecular weight is 367 g/mol. The number of carbonyl (C=O) groups is 2. The highest BCUT2D eigenvalue weighted by Gasteiger charge is 2.15. The number of nitrogens with zero attached hydrogens (tertiary/aromatic N) is 2. The Morgan fingerprint density at radius 3 is 2.80 bits per heavy atom. The summed E-state index contributed by atoms with van der Waals surface area (Å²) < 4.78 is 4.73. The Hall–Kier alpha value is -3.12. The minimum absolute atomic E-state index is 0.00791. The van der Waals surface area contributed by atoms with Crippen molar-refractivity contribution in [1.29, 1.82) is 5.26 Å². The number of esters is 1. The van der Waals surface area contributed by atoms with Crippen molar-refractivity contribution in [2.24, 2.45) is 0 Å². The minimum atomic E-state index is -0.798. The van der Waals surface area contributed by atoms with Crippen molar-refractivity contribution in [3.8, 4) is 6.07 Å². The van der Waals surface area contributed by atoms with E-state index in [9.17, 15) is 19.7 Å². The van der Waals surface area contributed by atoms with Crippen LogP contribution in [0.3, 0.4) is 0 Å². The number of benzene rings is 1. The molecule has 0 atom stereocenters. The van der Waals surface area contributed by atoms with Crippen molar-refractivity contribution < 1.29 is 19.2 Å². The lowest BCUT2D eigenvalue weighted by atomic mass is 10.2. The number of nitro benzene ring substituents is 1. The Morgan fingerprint density at radius 1 is 1.48 bits per heavy atom. The lowest BCUT2D eigenvalue weighted by Gasteiger charge is -2.07. The maximum atomic E-state index is 12.0. The molecule has 0 aliphatic carbocycles. The van der Waals surface area contributed by atoms with Gasteiger partial charge in [0.25, 0.3) is 11.6 Å². The second-order valence-electron chi connectivity index (χ2n) is 4.55. The summed E-state index contributed by atoms with van der Waals surface area (Å²) in [6, 6.07) is 5.23. The zero-order valence-electron chi connectivity index (χ0n) is 13.2. The first-order chi connectivity index (χ1) is 11.9. The molecule has 0 heterocycles. The van der Waals surface area contributed by atoms with Gasteiger partial charge in [-0.05, 0) is 13.0 Å². The molecule has 0 bridgehead atoms. The van der Waals surface area contributed by atoms with Gasteiger partial charge in [-0.25, -0.2) is 0 Å². The Morgan fingerprint density at radius 2 is 2.20 bits per heavy atom. The quantitative estimate of drug-likeness (QED) is 0.180. The van der Waals surface area contributed by atoms with Crippen LogP contribution in [-0.2, 0) is 14.3 Å². The van der Waals surface area contributed by atoms with Crippen molar-refractivity contribution >= 4 is 34.9 Å². The predicted molar refractivity (Wildman–Crippen MR) is 89.7 cm³/mol. The van der Waals surface area contributed by atoms with Gasteiger partial charge in [0, 0.05) is 24.9 Å². The molecule has 0 unspecified atom stereocenters. The first kappa shape index (κ1) is 19.9. The van der Waals surface area contributed by atoms with E-state index in [2.05, 4.69) is 10.6 Å². The first-order valence-electron chi connectivity index (χ1n) is 7.13. The van der Waals surface area contributed by atoms with Gasteiger partial charge in [0.15, 0.2) is 0 Å². The normalized spacial score (nSPS) is 10.5. The topological polar surface area (TPSA) is 134 Å². The molecule has 0 saturated heterocycles. The minimum Gasteiger partial charge on any atom is -0.466 e. The summed E-state index contributed by atoms with van der Waals surface area (Å²) in [5.74, 6) is -1.21. The van der Waals surface area contributed by atoms with Crippen LogP contribution in [0.5, 0.6) is 0 Å². The highest BCUT2D eigenvalue weighted by Crippen LogP contribution is 2.26. The molecule has 0 aliphatic heterocycles. The number of halogens is 1. The molecule has 1 amide bonds. The Kier molecular flexibility index (Phi) is 7.89. The van der Waals surface area contributed by atoms with E-state index in [4.69, 9.17) is 21.6 Å². The molecular formula is C15H15ClN4O5. The van der Waals surface area contributed by atoms with Gasteiger partial charge in [0.05, 0.1) is 28.7 Å². The van der Waals surface area contributed by atoms with Gasteiger partial charge in [0.1, 0.15) is 11.6 Å². The number of carbonyl (C=O) groups excluding carboxylic acids is 2. The van der Waals surface area contributed by atoms with Gasteiger partial charge in [-0.15, -0.1) is 0 Å². The molecule has 1 aromatic carbocycles. The van der Waals surface area contributed by atoms with Gasteiger partial charge in [-0.2, -0.15) is 5.26 Å². The maximum absolute atomic E-state index is 12.0. The molecule has 0 aliphatic rings. The number of nitrogens with one attached hydrogen (secondary N) is 2. The van der Waals surface area contributed by atoms with E-state index < -0.39 is 16.8 Å². The van der Waals surface area contributed by atoms with Crippen LogP contribution in [0.2, 0.25) is 5.02 Å². The van der Waals surface area contributed by atoms with Crippen LogP contribution in [0.25, 0.3) is 0 Å². The summed E-state index contributed by atoms with van der Waals surface area (Å²) >= 11 is 5.88. The number of rotatable bonds is 8. The van der Waals surface area contributed by atoms with Crippen LogP contribution in [0.1, 0.15) is 13.3 Å². The third-order valence-corrected chi connectivity index (χ3v) is 3.13. The van der Waals surface area contributed by atoms with Gasteiger partial charge < -0.3 is 15.4 Å². The second kappa shape index (κ2) is 9.89. The van der Waals surface area contributed by atoms with Gasteiger partial charge in [-0.1, -0.05) is 11.6 Å². The van der Waals surface area contributed by atoms with Crippen LogP contribution in [-0.4, -0.2) is 30.0 Å². The Balaban J connectivity index is 2.72. The van der Waals surface area contributed by atoms with E-state index in [1.807, 2.05) is 0 Å². The molecule has 25 heavy (non-hydrogen) atoms. The third-order valence-electron chi connectivity index (χ3n) is 2.80. The van der Waals surface area contributed by atoms with E-state index >= 15 is 0 Å². The predicted octanol–water partition coefficient (Wildman–Crippen LogP) is 2.14. The molecule has 0 aromatic heterocycles. The van der Waals surface area contributed by atoms with Crippen molar-refractivity contribution in [2.75, 3.05) is 18.5 Å². The fourth-order valence-electron chi connectivity index (χ4n) is 1.64. The van der Waals surface area contributed by atoms with Crippen LogP contribution >= 0.6 is 11.6 Å². The Bertz CT molecular complexity index is 742. The van der Waals surface area contributed by atoms with E-state index in [1.54, 1.807) is 13.0 Å². The number of nitro groups is 1. The van der Waals surface area contributed by atoms with E-state index in [1.165, 1.54) is 12.1 Å². The lowest BCUT2D eigenvalue weighted by molar-refractivity contribution is -0.384. The largest absolute Gasteiger partial charge is 0.466 e. The second-order valence-corrected chi connectivity index (χ2v) is 4.96. The van der Waals surface area contributed by atoms with E-state index in [0.717, 1.165) is 12.3 Å². The smallest absolute Gasteiger partial charge is 0.307 e. The van der Waals surface area contributed by atoms with Crippen molar-refractivity contribution in [3.63, 3.8) is 0 Å². The highest BCUT2D eigenvalue weighted by molar-refractivity contribution is 6.34. The van der Waals surface area contributed by atoms with Crippen molar-refractivity contribution in [3.05, 3.63) is 45.1 Å². The summed E-state index contributed by atoms with van der Waals surface area (Å²) in [6.45, 7) is 2.13. The number of hydrogen-bond donors (Lipinski definition) is 2. The number of hydrogen-bond acceptors (Lipinski definition) is 7. The summed E-state index contributed by atoms with van der Waals surface area (Å²) in [4.78, 5) is 33.3. The zero-order valence-corrected chi connectivity index (χ0v) is 14.0. The molecule has 9 nitrogen and oxygen atoms in total. The summed E-state index contributed by atoms with van der Waals surface area (Å²) in [6.07, 6.45) is 1.21. The maximum Gasteiger partial charge on any atom is 0.307 e. The number of anilines is 1. The molecule has 1 rings (SSSR count). The molecule has 0 radical (unpaired) electrons. The SMILES string of the molecule is CCOC(=O)CCN/C=C(/C#N)C(=O)Nc1cc([N+](=O)[O-])ccc1Cl. The summed E-state index contributed by atoms with van der Waals surface area (Å²) in [5, 5.41) is 24.8. The fourth-order valence-corrected chi connectivity index (χ4v) is 1.81. The van der Waals surface area contributed by atoms with E-state index in [-0.39, 0.29) is 41.5 Å². The number of non-ortho nitro benzene ring substituents is 1. The van der Waals surface area contributed by atoms with Crippen molar-refractivity contribution in [1.82, 2.24) is 5.32 Å². The Labute approximate surface area is 148 Å². The number of amides is 1. The van der Waals surface area contributed by atoms with Crippen LogP contribution in [0.4, 0.5) is 11.4 Å². The molecule has 0 spiro atoms.